The highest BCUT2D eigenvalue weighted by atomic mass is 16.4. The van der Waals surface area contributed by atoms with Gasteiger partial charge >= 0.3 is 5.97 Å². The zero-order chi connectivity index (χ0) is 17.6. The van der Waals surface area contributed by atoms with Gasteiger partial charge in [0.1, 0.15) is 5.58 Å². The van der Waals surface area contributed by atoms with Crippen molar-refractivity contribution in [1.82, 2.24) is 5.32 Å². The summed E-state index contributed by atoms with van der Waals surface area (Å²) in [6, 6.07) is 11.8. The number of rotatable bonds is 3. The molecule has 3 aromatic rings. The molecule has 1 heterocycles. The Labute approximate surface area is 144 Å². The molecule has 0 saturated heterocycles. The van der Waals surface area contributed by atoms with E-state index in [1.807, 2.05) is 43.3 Å². The van der Waals surface area contributed by atoms with Crippen LogP contribution in [0.1, 0.15) is 35.4 Å². The molecule has 0 spiro atoms. The zero-order valence-corrected chi connectivity index (χ0v) is 13.9. The van der Waals surface area contributed by atoms with Crippen LogP contribution in [0.15, 0.2) is 40.8 Å². The minimum absolute atomic E-state index is 0.113. The number of carboxylic acid groups (broad SMARTS) is 1. The fraction of sp³-hybridized carbons (Fsp3) is 0.300. The third-order valence-electron chi connectivity index (χ3n) is 5.15. The van der Waals surface area contributed by atoms with Crippen LogP contribution < -0.4 is 5.32 Å². The second-order valence-corrected chi connectivity index (χ2v) is 6.74. The minimum atomic E-state index is -0.789. The van der Waals surface area contributed by atoms with Crippen molar-refractivity contribution in [3.63, 3.8) is 0 Å². The molecule has 2 N–H and O–H groups in total. The molecule has 1 fully saturated rings. The summed E-state index contributed by atoms with van der Waals surface area (Å²) >= 11 is 0. The third-order valence-corrected chi connectivity index (χ3v) is 5.15. The molecule has 25 heavy (non-hydrogen) atoms. The first kappa shape index (κ1) is 15.7. The van der Waals surface area contributed by atoms with Crippen LogP contribution in [0.5, 0.6) is 0 Å². The number of nitrogens with one attached hydrogen (secondary N) is 1. The van der Waals surface area contributed by atoms with E-state index in [1.165, 1.54) is 0 Å². The van der Waals surface area contributed by atoms with E-state index >= 15 is 0 Å². The maximum absolute atomic E-state index is 12.7. The number of carboxylic acids is 1. The highest BCUT2D eigenvalue weighted by Gasteiger charge is 2.31. The van der Waals surface area contributed by atoms with Gasteiger partial charge in [0.15, 0.2) is 5.76 Å². The normalized spacial score (nSPS) is 20.2. The first-order valence-corrected chi connectivity index (χ1v) is 8.49. The largest absolute Gasteiger partial charge is 0.481 e. The minimum Gasteiger partial charge on any atom is -0.481 e. The summed E-state index contributed by atoms with van der Waals surface area (Å²) in [6.45, 7) is 1.88. The van der Waals surface area contributed by atoms with E-state index in [-0.39, 0.29) is 17.9 Å². The van der Waals surface area contributed by atoms with Gasteiger partial charge < -0.3 is 14.8 Å². The molecule has 2 atom stereocenters. The lowest BCUT2D eigenvalue weighted by Crippen LogP contribution is -2.33. The molecule has 1 saturated carbocycles. The van der Waals surface area contributed by atoms with Gasteiger partial charge in [-0.25, -0.2) is 0 Å². The number of fused-ring (bicyclic) bond motifs is 3. The molecule has 128 valence electrons. The van der Waals surface area contributed by atoms with E-state index in [4.69, 9.17) is 9.52 Å². The first-order valence-electron chi connectivity index (χ1n) is 8.49. The Morgan fingerprint density at radius 2 is 1.92 bits per heavy atom. The third kappa shape index (κ3) is 2.65. The fourth-order valence-electron chi connectivity index (χ4n) is 3.75. The standard InChI is InChI=1S/C20H19NO4/c1-11-15-9-7-12-4-2-3-5-16(12)18(15)25-17(11)19(22)21-14-8-6-13(10-14)20(23)24/h2-5,7,9,13-14H,6,8,10H2,1H3,(H,21,22)(H,23,24)/t13-,14+/m0/s1. The summed E-state index contributed by atoms with van der Waals surface area (Å²) in [5.74, 6) is -1.12. The van der Waals surface area contributed by atoms with Crippen LogP contribution in [0.3, 0.4) is 0 Å². The molecule has 0 radical (unpaired) electrons. The van der Waals surface area contributed by atoms with Crippen molar-refractivity contribution in [1.29, 1.82) is 0 Å². The number of hydrogen-bond donors (Lipinski definition) is 2. The van der Waals surface area contributed by atoms with Gasteiger partial charge in [0.25, 0.3) is 5.91 Å². The van der Waals surface area contributed by atoms with Crippen molar-refractivity contribution in [2.75, 3.05) is 0 Å². The maximum atomic E-state index is 12.7. The van der Waals surface area contributed by atoms with Crippen molar-refractivity contribution in [3.8, 4) is 0 Å². The van der Waals surface area contributed by atoms with Gasteiger partial charge in [0.05, 0.1) is 5.92 Å². The van der Waals surface area contributed by atoms with Gasteiger partial charge in [-0.2, -0.15) is 0 Å². The van der Waals surface area contributed by atoms with Gasteiger partial charge in [-0.15, -0.1) is 0 Å². The summed E-state index contributed by atoms with van der Waals surface area (Å²) in [7, 11) is 0. The fourth-order valence-corrected chi connectivity index (χ4v) is 3.75. The number of aryl methyl sites for hydroxylation is 1. The monoisotopic (exact) mass is 337 g/mol. The molecule has 1 aliphatic rings. The number of benzene rings is 2. The van der Waals surface area contributed by atoms with Gasteiger partial charge in [-0.3, -0.25) is 9.59 Å². The number of furan rings is 1. The van der Waals surface area contributed by atoms with E-state index in [1.54, 1.807) is 0 Å². The Balaban J connectivity index is 1.65. The Morgan fingerprint density at radius 1 is 1.12 bits per heavy atom. The second-order valence-electron chi connectivity index (χ2n) is 6.74. The van der Waals surface area contributed by atoms with Crippen LogP contribution in [0.25, 0.3) is 21.7 Å². The molecular formula is C20H19NO4. The summed E-state index contributed by atoms with van der Waals surface area (Å²) in [5.41, 5.74) is 1.53. The van der Waals surface area contributed by atoms with Crippen molar-refractivity contribution < 1.29 is 19.1 Å². The molecule has 1 amide bonds. The Bertz CT molecular complexity index is 988. The average Bonchev–Trinajstić information content (AvgIpc) is 3.20. The molecule has 0 bridgehead atoms. The first-order chi connectivity index (χ1) is 12.0. The molecule has 4 rings (SSSR count). The van der Waals surface area contributed by atoms with Crippen molar-refractivity contribution >= 4 is 33.6 Å². The van der Waals surface area contributed by atoms with E-state index in [2.05, 4.69) is 5.32 Å². The SMILES string of the molecule is Cc1c(C(=O)N[C@@H]2CC[C@H](C(=O)O)C2)oc2c1ccc1ccccc12. The van der Waals surface area contributed by atoms with Crippen LogP contribution in [-0.4, -0.2) is 23.0 Å². The topological polar surface area (TPSA) is 79.5 Å². The van der Waals surface area contributed by atoms with Crippen LogP contribution in [0.4, 0.5) is 0 Å². The van der Waals surface area contributed by atoms with Crippen LogP contribution in [-0.2, 0) is 4.79 Å². The highest BCUT2D eigenvalue weighted by Crippen LogP contribution is 2.32. The molecule has 0 unspecified atom stereocenters. The number of carbonyl (C=O) groups excluding carboxylic acids is 1. The predicted octanol–water partition coefficient (Wildman–Crippen LogP) is 3.88. The lowest BCUT2D eigenvalue weighted by Gasteiger charge is -2.11. The summed E-state index contributed by atoms with van der Waals surface area (Å²) in [5, 5.41) is 15.0. The van der Waals surface area contributed by atoms with Crippen LogP contribution in [0.2, 0.25) is 0 Å². The van der Waals surface area contributed by atoms with Gasteiger partial charge in [-0.05, 0) is 31.6 Å². The van der Waals surface area contributed by atoms with Gasteiger partial charge in [0, 0.05) is 22.4 Å². The van der Waals surface area contributed by atoms with Crippen LogP contribution >= 0.6 is 0 Å². The Kier molecular flexibility index (Phi) is 3.71. The predicted molar refractivity (Wildman–Crippen MR) is 94.7 cm³/mol. The number of aliphatic carboxylic acids is 1. The Morgan fingerprint density at radius 3 is 2.68 bits per heavy atom. The second kappa shape index (κ2) is 5.92. The summed E-state index contributed by atoms with van der Waals surface area (Å²) < 4.78 is 5.93. The molecule has 5 heteroatoms. The van der Waals surface area contributed by atoms with Gasteiger partial charge in [-0.1, -0.05) is 36.4 Å². The Hall–Kier alpha value is -2.82. The maximum Gasteiger partial charge on any atom is 0.306 e. The van der Waals surface area contributed by atoms with E-state index < -0.39 is 5.97 Å². The van der Waals surface area contributed by atoms with Crippen LogP contribution in [0, 0.1) is 12.8 Å². The van der Waals surface area contributed by atoms with E-state index in [0.29, 0.717) is 25.0 Å². The van der Waals surface area contributed by atoms with Gasteiger partial charge in [0.2, 0.25) is 0 Å². The molecule has 0 aliphatic heterocycles. The lowest BCUT2D eigenvalue weighted by molar-refractivity contribution is -0.141. The molecular weight excluding hydrogens is 318 g/mol. The van der Waals surface area contributed by atoms with Crippen molar-refractivity contribution in [2.24, 2.45) is 5.92 Å². The average molecular weight is 337 g/mol. The van der Waals surface area contributed by atoms with E-state index in [9.17, 15) is 9.59 Å². The van der Waals surface area contributed by atoms with Crippen molar-refractivity contribution in [3.05, 3.63) is 47.7 Å². The number of amides is 1. The molecule has 1 aromatic heterocycles. The smallest absolute Gasteiger partial charge is 0.306 e. The lowest BCUT2D eigenvalue weighted by atomic mass is 10.1. The van der Waals surface area contributed by atoms with Crippen molar-refractivity contribution in [2.45, 2.75) is 32.2 Å². The van der Waals surface area contributed by atoms with E-state index in [0.717, 1.165) is 27.3 Å². The summed E-state index contributed by atoms with van der Waals surface area (Å²) in [6.07, 6.45) is 1.76. The quantitative estimate of drug-likeness (QED) is 0.760. The summed E-state index contributed by atoms with van der Waals surface area (Å²) in [4.78, 5) is 23.7. The highest BCUT2D eigenvalue weighted by molar-refractivity contribution is 6.08. The number of hydrogen-bond acceptors (Lipinski definition) is 3. The molecule has 5 nitrogen and oxygen atoms in total. The molecule has 2 aromatic carbocycles. The molecule has 1 aliphatic carbocycles. The zero-order valence-electron chi connectivity index (χ0n) is 13.9. The number of carbonyl (C=O) groups is 2.